The highest BCUT2D eigenvalue weighted by Gasteiger charge is 2.03. The van der Waals surface area contributed by atoms with E-state index in [2.05, 4.69) is 76.2 Å². The van der Waals surface area contributed by atoms with E-state index in [4.69, 9.17) is 0 Å². The molecule has 3 aromatic rings. The molecule has 0 unspecified atom stereocenters. The van der Waals surface area contributed by atoms with Gasteiger partial charge in [-0.25, -0.2) is 0 Å². The van der Waals surface area contributed by atoms with Crippen LogP contribution in [0.5, 0.6) is 0 Å². The van der Waals surface area contributed by atoms with Gasteiger partial charge in [0.15, 0.2) is 5.96 Å². The van der Waals surface area contributed by atoms with Crippen molar-refractivity contribution in [2.75, 3.05) is 7.05 Å². The first-order chi connectivity index (χ1) is 13.3. The van der Waals surface area contributed by atoms with Crippen LogP contribution in [0, 0.1) is 0 Å². The van der Waals surface area contributed by atoms with Crippen LogP contribution in [0.25, 0.3) is 0 Å². The van der Waals surface area contributed by atoms with Gasteiger partial charge in [0.25, 0.3) is 0 Å². The first kappa shape index (κ1) is 21.9. The number of rotatable bonds is 7. The topological polar surface area (TPSA) is 54.2 Å². The van der Waals surface area contributed by atoms with E-state index in [1.165, 1.54) is 22.3 Å². The number of hydrogen-bond acceptors (Lipinski definition) is 2. The Bertz CT molecular complexity index is 874. The molecule has 28 heavy (non-hydrogen) atoms. The molecule has 1 heterocycles. The number of aliphatic imine (C=N–C) groups is 1. The van der Waals surface area contributed by atoms with E-state index in [1.807, 2.05) is 16.9 Å². The molecule has 0 spiro atoms. The molecule has 2 N–H and O–H groups in total. The van der Waals surface area contributed by atoms with Gasteiger partial charge in [0.05, 0.1) is 6.54 Å². The molecule has 5 nitrogen and oxygen atoms in total. The predicted octanol–water partition coefficient (Wildman–Crippen LogP) is 3.98. The van der Waals surface area contributed by atoms with Gasteiger partial charge in [-0.1, -0.05) is 55.5 Å². The van der Waals surface area contributed by atoms with Gasteiger partial charge in [-0.15, -0.1) is 24.0 Å². The van der Waals surface area contributed by atoms with E-state index in [0.29, 0.717) is 0 Å². The SMILES string of the molecule is CCc1ccccc1CNC(=NC)NCc1cccc(Cn2cccn2)c1.I. The summed E-state index contributed by atoms with van der Waals surface area (Å²) in [5.74, 6) is 0.804. The Balaban J connectivity index is 0.00000280. The van der Waals surface area contributed by atoms with E-state index in [9.17, 15) is 0 Å². The smallest absolute Gasteiger partial charge is 0.191 e. The molecule has 2 aromatic carbocycles. The minimum Gasteiger partial charge on any atom is -0.352 e. The van der Waals surface area contributed by atoms with E-state index in [-0.39, 0.29) is 24.0 Å². The summed E-state index contributed by atoms with van der Waals surface area (Å²) in [5.41, 5.74) is 5.13. The van der Waals surface area contributed by atoms with Gasteiger partial charge in [0.1, 0.15) is 0 Å². The highest BCUT2D eigenvalue weighted by atomic mass is 127. The summed E-state index contributed by atoms with van der Waals surface area (Å²) < 4.78 is 1.93. The van der Waals surface area contributed by atoms with Gasteiger partial charge < -0.3 is 10.6 Å². The van der Waals surface area contributed by atoms with Crippen LogP contribution in [0.15, 0.2) is 72.0 Å². The van der Waals surface area contributed by atoms with Crippen LogP contribution in [0.3, 0.4) is 0 Å². The standard InChI is InChI=1S/C22H27N5.HI/c1-3-20-10-4-5-11-21(20)16-25-22(23-2)24-15-18-8-6-9-19(14-18)17-27-13-7-12-26-27;/h4-14H,3,15-17H2,1-2H3,(H2,23,24,25);1H. The van der Waals surface area contributed by atoms with Crippen molar-refractivity contribution >= 4 is 29.9 Å². The number of guanidine groups is 1. The largest absolute Gasteiger partial charge is 0.352 e. The van der Waals surface area contributed by atoms with Gasteiger partial charge in [0, 0.05) is 32.5 Å². The molecular formula is C22H28IN5. The van der Waals surface area contributed by atoms with Crippen LogP contribution in [-0.4, -0.2) is 22.8 Å². The first-order valence-electron chi connectivity index (χ1n) is 9.35. The summed E-state index contributed by atoms with van der Waals surface area (Å²) in [6.07, 6.45) is 4.81. The molecule has 0 atom stereocenters. The van der Waals surface area contributed by atoms with E-state index < -0.39 is 0 Å². The third-order valence-electron chi connectivity index (χ3n) is 4.52. The van der Waals surface area contributed by atoms with Crippen molar-refractivity contribution in [1.82, 2.24) is 20.4 Å². The molecule has 0 fully saturated rings. The van der Waals surface area contributed by atoms with Crippen molar-refractivity contribution in [2.24, 2.45) is 4.99 Å². The Morgan fingerprint density at radius 3 is 2.43 bits per heavy atom. The van der Waals surface area contributed by atoms with E-state index >= 15 is 0 Å². The maximum absolute atomic E-state index is 4.34. The predicted molar refractivity (Wildman–Crippen MR) is 126 cm³/mol. The van der Waals surface area contributed by atoms with Crippen molar-refractivity contribution in [3.63, 3.8) is 0 Å². The molecule has 148 valence electrons. The van der Waals surface area contributed by atoms with Crippen LogP contribution >= 0.6 is 24.0 Å². The Morgan fingerprint density at radius 2 is 1.71 bits per heavy atom. The number of hydrogen-bond donors (Lipinski definition) is 2. The van der Waals surface area contributed by atoms with Crippen LogP contribution in [0.4, 0.5) is 0 Å². The number of aryl methyl sites for hydroxylation is 1. The molecule has 6 heteroatoms. The van der Waals surface area contributed by atoms with Crippen molar-refractivity contribution in [3.05, 3.63) is 89.2 Å². The zero-order valence-electron chi connectivity index (χ0n) is 16.4. The second kappa shape index (κ2) is 11.5. The lowest BCUT2D eigenvalue weighted by molar-refractivity contribution is 0.685. The van der Waals surface area contributed by atoms with Gasteiger partial charge >= 0.3 is 0 Å². The Kier molecular flexibility index (Phi) is 9.00. The highest BCUT2D eigenvalue weighted by molar-refractivity contribution is 14.0. The minimum absolute atomic E-state index is 0. The first-order valence-corrected chi connectivity index (χ1v) is 9.35. The fourth-order valence-corrected chi connectivity index (χ4v) is 3.08. The summed E-state index contributed by atoms with van der Waals surface area (Å²) in [7, 11) is 1.80. The second-order valence-corrected chi connectivity index (χ2v) is 6.43. The van der Waals surface area contributed by atoms with Crippen LogP contribution in [-0.2, 0) is 26.1 Å². The summed E-state index contributed by atoms with van der Waals surface area (Å²) >= 11 is 0. The number of aromatic nitrogens is 2. The van der Waals surface area contributed by atoms with Crippen LogP contribution in [0.2, 0.25) is 0 Å². The minimum atomic E-state index is 0. The Morgan fingerprint density at radius 1 is 0.964 bits per heavy atom. The zero-order valence-corrected chi connectivity index (χ0v) is 18.8. The zero-order chi connectivity index (χ0) is 18.9. The van der Waals surface area contributed by atoms with Crippen molar-refractivity contribution in [3.8, 4) is 0 Å². The molecule has 1 aromatic heterocycles. The normalized spacial score (nSPS) is 11.0. The molecular weight excluding hydrogens is 461 g/mol. The maximum Gasteiger partial charge on any atom is 0.191 e. The molecule has 0 saturated carbocycles. The monoisotopic (exact) mass is 489 g/mol. The molecule has 0 aliphatic carbocycles. The van der Waals surface area contributed by atoms with Gasteiger partial charge in [-0.2, -0.15) is 5.10 Å². The van der Waals surface area contributed by atoms with E-state index in [0.717, 1.165) is 32.0 Å². The third kappa shape index (κ3) is 6.37. The molecule has 0 aliphatic rings. The lowest BCUT2D eigenvalue weighted by Gasteiger charge is -2.14. The van der Waals surface area contributed by atoms with Gasteiger partial charge in [-0.3, -0.25) is 9.67 Å². The Hall–Kier alpha value is -2.35. The molecule has 0 saturated heterocycles. The van der Waals surface area contributed by atoms with Crippen LogP contribution in [0.1, 0.15) is 29.2 Å². The average molecular weight is 489 g/mol. The fourth-order valence-electron chi connectivity index (χ4n) is 3.08. The second-order valence-electron chi connectivity index (χ2n) is 6.43. The fraction of sp³-hybridized carbons (Fsp3) is 0.273. The molecule has 0 bridgehead atoms. The van der Waals surface area contributed by atoms with E-state index in [1.54, 1.807) is 13.2 Å². The Labute approximate surface area is 184 Å². The maximum atomic E-state index is 4.34. The van der Waals surface area contributed by atoms with Gasteiger partial charge in [0.2, 0.25) is 0 Å². The third-order valence-corrected chi connectivity index (χ3v) is 4.52. The number of halogens is 1. The molecule has 0 aliphatic heterocycles. The number of nitrogens with zero attached hydrogens (tertiary/aromatic N) is 3. The molecule has 0 radical (unpaired) electrons. The van der Waals surface area contributed by atoms with Gasteiger partial charge in [-0.05, 0) is 34.7 Å². The quantitative estimate of drug-likeness (QED) is 0.300. The van der Waals surface area contributed by atoms with Crippen molar-refractivity contribution in [1.29, 1.82) is 0 Å². The van der Waals surface area contributed by atoms with Crippen molar-refractivity contribution < 1.29 is 0 Å². The summed E-state index contributed by atoms with van der Waals surface area (Å²) in [5, 5.41) is 11.1. The number of benzene rings is 2. The molecule has 0 amide bonds. The average Bonchev–Trinajstić information content (AvgIpc) is 3.21. The van der Waals surface area contributed by atoms with Crippen LogP contribution < -0.4 is 10.6 Å². The summed E-state index contributed by atoms with van der Waals surface area (Å²) in [6, 6.07) is 19.0. The summed E-state index contributed by atoms with van der Waals surface area (Å²) in [4.78, 5) is 4.34. The number of nitrogens with one attached hydrogen (secondary N) is 2. The highest BCUT2D eigenvalue weighted by Crippen LogP contribution is 2.09. The lowest BCUT2D eigenvalue weighted by Crippen LogP contribution is -2.36. The lowest BCUT2D eigenvalue weighted by atomic mass is 10.1. The van der Waals surface area contributed by atoms with Crippen molar-refractivity contribution in [2.45, 2.75) is 33.0 Å². The molecule has 3 rings (SSSR count). The summed E-state index contributed by atoms with van der Waals surface area (Å²) in [6.45, 7) is 4.45.